The Labute approximate surface area is 265 Å². The summed E-state index contributed by atoms with van der Waals surface area (Å²) >= 11 is 0. The van der Waals surface area contributed by atoms with Crippen molar-refractivity contribution < 1.29 is 44.3 Å². The van der Waals surface area contributed by atoms with Gasteiger partial charge in [-0.25, -0.2) is 17.6 Å². The maximum Gasteiger partial charge on any atom is 0.429 e. The van der Waals surface area contributed by atoms with Gasteiger partial charge in [0.05, 0.1) is 11.1 Å². The van der Waals surface area contributed by atoms with E-state index in [1.165, 1.54) is 12.1 Å². The van der Waals surface area contributed by atoms with E-state index in [2.05, 4.69) is 6.92 Å². The molecule has 47 heavy (non-hydrogen) atoms. The molecule has 0 heterocycles. The molecule has 0 fully saturated rings. The van der Waals surface area contributed by atoms with Gasteiger partial charge in [0, 0.05) is 17.2 Å². The fourth-order valence-corrected chi connectivity index (χ4v) is 5.20. The molecule has 0 amide bonds. The highest BCUT2D eigenvalue weighted by Crippen LogP contribution is 2.38. The SMILES string of the molecule is CCCCCc1ccc(-c2ccc(C(F)(F)Oc3ccc(-c4ccc(-c5ccc(C(F)(F)F)c(F)c5)c(F)c4)c(F)c3)c(F)c2)cc1. The van der Waals surface area contributed by atoms with E-state index in [0.717, 1.165) is 73.7 Å². The summed E-state index contributed by atoms with van der Waals surface area (Å²) in [5.74, 6) is -5.50. The molecule has 0 unspecified atom stereocenters. The maximum absolute atomic E-state index is 15.0. The summed E-state index contributed by atoms with van der Waals surface area (Å²) in [4.78, 5) is 0. The van der Waals surface area contributed by atoms with Crippen molar-refractivity contribution in [2.75, 3.05) is 0 Å². The van der Waals surface area contributed by atoms with Crippen LogP contribution < -0.4 is 4.74 Å². The van der Waals surface area contributed by atoms with Crippen molar-refractivity contribution >= 4 is 0 Å². The van der Waals surface area contributed by atoms with Crippen molar-refractivity contribution in [3.05, 3.63) is 137 Å². The monoisotopic (exact) mass is 658 g/mol. The molecule has 1 nitrogen and oxygen atoms in total. The number of hydrogen-bond donors (Lipinski definition) is 0. The Kier molecular flexibility index (Phi) is 9.70. The maximum atomic E-state index is 15.0. The number of aryl methyl sites for hydroxylation is 1. The zero-order valence-electron chi connectivity index (χ0n) is 24.9. The second-order valence-electron chi connectivity index (χ2n) is 11.0. The first-order valence-corrected chi connectivity index (χ1v) is 14.7. The first-order chi connectivity index (χ1) is 22.3. The highest BCUT2D eigenvalue weighted by atomic mass is 19.4. The van der Waals surface area contributed by atoms with E-state index in [4.69, 9.17) is 4.74 Å². The molecule has 0 N–H and O–H groups in total. The van der Waals surface area contributed by atoms with Crippen LogP contribution in [0.1, 0.15) is 42.9 Å². The Hall–Kier alpha value is -4.73. The van der Waals surface area contributed by atoms with E-state index in [1.54, 1.807) is 12.1 Å². The van der Waals surface area contributed by atoms with Crippen molar-refractivity contribution in [1.29, 1.82) is 0 Å². The predicted molar refractivity (Wildman–Crippen MR) is 162 cm³/mol. The number of benzene rings is 5. The zero-order chi connectivity index (χ0) is 33.9. The normalized spacial score (nSPS) is 12.0. The van der Waals surface area contributed by atoms with Crippen molar-refractivity contribution in [2.45, 2.75) is 44.9 Å². The van der Waals surface area contributed by atoms with Gasteiger partial charge in [-0.1, -0.05) is 68.3 Å². The predicted octanol–water partition coefficient (Wildman–Crippen LogP) is 12.1. The Morgan fingerprint density at radius 3 is 1.60 bits per heavy atom. The standard InChI is InChI=1S/C37H27F9O/c1-2-3-4-5-22-6-8-23(9-7-22)24-11-17-31(35(41)18-24)37(45,46)47-27-13-15-29(33(39)21-27)25-10-14-28(32(38)19-25)26-12-16-30(34(40)20-26)36(42,43)44/h6-21H,2-5H2,1H3. The third-order valence-corrected chi connectivity index (χ3v) is 7.69. The molecule has 5 aromatic carbocycles. The van der Waals surface area contributed by atoms with Crippen LogP contribution in [0.5, 0.6) is 5.75 Å². The lowest BCUT2D eigenvalue weighted by molar-refractivity contribution is -0.187. The first kappa shape index (κ1) is 33.6. The molecule has 0 aliphatic heterocycles. The summed E-state index contributed by atoms with van der Waals surface area (Å²) < 4.78 is 132. The van der Waals surface area contributed by atoms with Gasteiger partial charge < -0.3 is 4.74 Å². The molecule has 0 radical (unpaired) electrons. The summed E-state index contributed by atoms with van der Waals surface area (Å²) in [5.41, 5.74) is -1.08. The molecule has 0 atom stereocenters. The molecule has 0 aliphatic carbocycles. The molecule has 0 aliphatic rings. The van der Waals surface area contributed by atoms with E-state index in [-0.39, 0.29) is 22.3 Å². The summed E-state index contributed by atoms with van der Waals surface area (Å²) in [7, 11) is 0. The number of halogens is 9. The molecule has 0 aromatic heterocycles. The van der Waals surface area contributed by atoms with Crippen LogP contribution in [-0.4, -0.2) is 0 Å². The topological polar surface area (TPSA) is 9.23 Å². The van der Waals surface area contributed by atoms with Gasteiger partial charge in [-0.05, 0) is 83.1 Å². The Balaban J connectivity index is 1.31. The average molecular weight is 659 g/mol. The van der Waals surface area contributed by atoms with E-state index < -0.39 is 52.4 Å². The minimum atomic E-state index is -4.93. The van der Waals surface area contributed by atoms with E-state index in [9.17, 15) is 26.3 Å². The highest BCUT2D eigenvalue weighted by Gasteiger charge is 2.38. The van der Waals surface area contributed by atoms with Gasteiger partial charge in [0.25, 0.3) is 0 Å². The number of alkyl halides is 5. The van der Waals surface area contributed by atoms with Crippen LogP contribution in [0.2, 0.25) is 0 Å². The summed E-state index contributed by atoms with van der Waals surface area (Å²) in [5, 5.41) is 0. The first-order valence-electron chi connectivity index (χ1n) is 14.7. The van der Waals surface area contributed by atoms with Gasteiger partial charge in [0.15, 0.2) is 0 Å². The van der Waals surface area contributed by atoms with E-state index in [1.807, 2.05) is 12.1 Å². The molecular weight excluding hydrogens is 631 g/mol. The molecular formula is C37H27F9O. The fraction of sp³-hybridized carbons (Fsp3) is 0.189. The Bertz CT molecular complexity index is 1880. The van der Waals surface area contributed by atoms with Gasteiger partial charge >= 0.3 is 12.3 Å². The van der Waals surface area contributed by atoms with Crippen molar-refractivity contribution in [1.82, 2.24) is 0 Å². The third-order valence-electron chi connectivity index (χ3n) is 7.69. The van der Waals surface area contributed by atoms with Crippen LogP contribution in [0.15, 0.2) is 97.1 Å². The second-order valence-corrected chi connectivity index (χ2v) is 11.0. The lowest BCUT2D eigenvalue weighted by Crippen LogP contribution is -2.23. The summed E-state index contributed by atoms with van der Waals surface area (Å²) in [6, 6.07) is 18.5. The third kappa shape index (κ3) is 7.64. The highest BCUT2D eigenvalue weighted by molar-refractivity contribution is 5.72. The quantitative estimate of drug-likeness (QED) is 0.107. The van der Waals surface area contributed by atoms with Crippen LogP contribution in [0.25, 0.3) is 33.4 Å². The number of unbranched alkanes of at least 4 members (excludes halogenated alkanes) is 2. The molecule has 5 aromatic rings. The molecule has 0 saturated heterocycles. The minimum absolute atomic E-state index is 0.0370. The molecule has 244 valence electrons. The molecule has 5 rings (SSSR count). The molecule has 0 spiro atoms. The zero-order valence-corrected chi connectivity index (χ0v) is 24.9. The van der Waals surface area contributed by atoms with Crippen LogP contribution >= 0.6 is 0 Å². The van der Waals surface area contributed by atoms with Crippen LogP contribution in [0.3, 0.4) is 0 Å². The van der Waals surface area contributed by atoms with Gasteiger partial charge in [-0.3, -0.25) is 0 Å². The van der Waals surface area contributed by atoms with Gasteiger partial charge in [0.1, 0.15) is 29.0 Å². The van der Waals surface area contributed by atoms with Crippen LogP contribution in [-0.2, 0) is 18.7 Å². The lowest BCUT2D eigenvalue weighted by atomic mass is 9.98. The van der Waals surface area contributed by atoms with Gasteiger partial charge in [-0.15, -0.1) is 0 Å². The van der Waals surface area contributed by atoms with Crippen molar-refractivity contribution in [3.63, 3.8) is 0 Å². The smallest absolute Gasteiger partial charge is 0.429 e. The molecule has 0 bridgehead atoms. The van der Waals surface area contributed by atoms with Crippen molar-refractivity contribution in [3.8, 4) is 39.1 Å². The fourth-order valence-electron chi connectivity index (χ4n) is 5.20. The van der Waals surface area contributed by atoms with Crippen LogP contribution in [0, 0.1) is 23.3 Å². The Morgan fingerprint density at radius 1 is 0.511 bits per heavy atom. The second kappa shape index (κ2) is 13.6. The molecule has 10 heteroatoms. The van der Waals surface area contributed by atoms with Crippen molar-refractivity contribution in [2.24, 2.45) is 0 Å². The number of ether oxygens (including phenoxy) is 1. The van der Waals surface area contributed by atoms with Gasteiger partial charge in [0.2, 0.25) is 0 Å². The van der Waals surface area contributed by atoms with Gasteiger partial charge in [-0.2, -0.15) is 22.0 Å². The van der Waals surface area contributed by atoms with Crippen LogP contribution in [0.4, 0.5) is 39.5 Å². The summed E-state index contributed by atoms with van der Waals surface area (Å²) in [6.45, 7) is 2.11. The lowest BCUT2D eigenvalue weighted by Gasteiger charge is -2.20. The van der Waals surface area contributed by atoms with E-state index >= 15 is 13.2 Å². The molecule has 0 saturated carbocycles. The largest absolute Gasteiger partial charge is 0.429 e. The summed E-state index contributed by atoms with van der Waals surface area (Å²) in [6.07, 6.45) is -4.95. The Morgan fingerprint density at radius 2 is 1.02 bits per heavy atom. The van der Waals surface area contributed by atoms with E-state index in [0.29, 0.717) is 29.3 Å². The average Bonchev–Trinajstić information content (AvgIpc) is 3.00. The number of hydrogen-bond acceptors (Lipinski definition) is 1. The minimum Gasteiger partial charge on any atom is -0.429 e. The number of rotatable bonds is 10.